The molecule has 1 atom stereocenters. The van der Waals surface area contributed by atoms with Gasteiger partial charge in [-0.3, -0.25) is 4.99 Å². The van der Waals surface area contributed by atoms with E-state index >= 15 is 0 Å². The van der Waals surface area contributed by atoms with E-state index in [1.165, 1.54) is 11.1 Å². The quantitative estimate of drug-likeness (QED) is 0.644. The Morgan fingerprint density at radius 3 is 2.50 bits per heavy atom. The zero-order valence-electron chi connectivity index (χ0n) is 14.0. The second-order valence-electron chi connectivity index (χ2n) is 6.55. The van der Waals surface area contributed by atoms with Crippen LogP contribution in [-0.2, 0) is 6.54 Å². The first-order chi connectivity index (χ1) is 9.24. The molecular weight excluding hydrogens is 246 g/mol. The smallest absolute Gasteiger partial charge is 0.0972 e. The number of aliphatic imine (C=N–C) groups is 1. The summed E-state index contributed by atoms with van der Waals surface area (Å²) < 4.78 is 0. The molecule has 112 valence electrons. The van der Waals surface area contributed by atoms with Crippen molar-refractivity contribution in [3.05, 3.63) is 29.3 Å². The van der Waals surface area contributed by atoms with Crippen molar-refractivity contribution in [3.8, 4) is 0 Å². The van der Waals surface area contributed by atoms with E-state index in [1.807, 2.05) is 6.92 Å². The van der Waals surface area contributed by atoms with Gasteiger partial charge in [-0.1, -0.05) is 32.9 Å². The van der Waals surface area contributed by atoms with E-state index in [1.54, 1.807) is 7.05 Å². The highest BCUT2D eigenvalue weighted by Gasteiger charge is 2.19. The van der Waals surface area contributed by atoms with Crippen molar-refractivity contribution in [1.82, 2.24) is 5.32 Å². The highest BCUT2D eigenvalue weighted by Crippen LogP contribution is 2.20. The van der Waals surface area contributed by atoms with Gasteiger partial charge in [-0.05, 0) is 43.4 Å². The molecule has 0 aliphatic rings. The molecule has 0 saturated heterocycles. The van der Waals surface area contributed by atoms with Gasteiger partial charge in [-0.25, -0.2) is 0 Å². The fraction of sp³-hybridized carbons (Fsp3) is 0.588. The summed E-state index contributed by atoms with van der Waals surface area (Å²) in [6.45, 7) is 14.0. The molecular formula is C17H29N3. The predicted molar refractivity (Wildman–Crippen MR) is 89.6 cm³/mol. The van der Waals surface area contributed by atoms with Crippen molar-refractivity contribution in [2.75, 3.05) is 12.4 Å². The molecule has 0 amide bonds. The maximum atomic E-state index is 4.15. The first-order valence-electron chi connectivity index (χ1n) is 7.27. The summed E-state index contributed by atoms with van der Waals surface area (Å²) in [7, 11) is 1.80. The Balaban J connectivity index is 2.75. The molecule has 1 aromatic carbocycles. The Kier molecular flexibility index (Phi) is 5.75. The Morgan fingerprint density at radius 1 is 1.30 bits per heavy atom. The Bertz CT molecular complexity index is 470. The molecule has 3 nitrogen and oxygen atoms in total. The minimum absolute atomic E-state index is 0.275. The molecule has 0 radical (unpaired) electrons. The van der Waals surface area contributed by atoms with Crippen LogP contribution in [0.1, 0.15) is 45.7 Å². The van der Waals surface area contributed by atoms with E-state index in [-0.39, 0.29) is 5.41 Å². The SMILES string of the molecule is CN=C(C)Nc1cc(CN[C@@H](C)C(C)(C)C)ccc1C. The highest BCUT2D eigenvalue weighted by molar-refractivity contribution is 5.94. The van der Waals surface area contributed by atoms with Crippen molar-refractivity contribution in [2.45, 2.75) is 54.1 Å². The van der Waals surface area contributed by atoms with Crippen LogP contribution < -0.4 is 10.6 Å². The minimum atomic E-state index is 0.275. The average molecular weight is 275 g/mol. The van der Waals surface area contributed by atoms with Gasteiger partial charge in [0, 0.05) is 25.3 Å². The van der Waals surface area contributed by atoms with Gasteiger partial charge in [0.05, 0.1) is 5.84 Å². The number of nitrogens with zero attached hydrogens (tertiary/aromatic N) is 1. The third-order valence-corrected chi connectivity index (χ3v) is 3.86. The first kappa shape index (κ1) is 16.7. The lowest BCUT2D eigenvalue weighted by molar-refractivity contribution is 0.285. The van der Waals surface area contributed by atoms with Gasteiger partial charge in [0.2, 0.25) is 0 Å². The maximum Gasteiger partial charge on any atom is 0.0972 e. The van der Waals surface area contributed by atoms with E-state index in [4.69, 9.17) is 0 Å². The molecule has 0 aliphatic heterocycles. The van der Waals surface area contributed by atoms with Gasteiger partial charge < -0.3 is 10.6 Å². The topological polar surface area (TPSA) is 36.4 Å². The lowest BCUT2D eigenvalue weighted by Crippen LogP contribution is -2.37. The van der Waals surface area contributed by atoms with E-state index < -0.39 is 0 Å². The van der Waals surface area contributed by atoms with Crippen LogP contribution in [0.25, 0.3) is 0 Å². The fourth-order valence-electron chi connectivity index (χ4n) is 1.74. The van der Waals surface area contributed by atoms with Crippen molar-refractivity contribution in [3.63, 3.8) is 0 Å². The molecule has 0 aliphatic carbocycles. The van der Waals surface area contributed by atoms with Gasteiger partial charge in [0.15, 0.2) is 0 Å². The molecule has 1 rings (SSSR count). The number of rotatable bonds is 4. The Labute approximate surface area is 123 Å². The third-order valence-electron chi connectivity index (χ3n) is 3.86. The summed E-state index contributed by atoms with van der Waals surface area (Å²) in [5, 5.41) is 6.94. The van der Waals surface area contributed by atoms with Crippen LogP contribution in [0.5, 0.6) is 0 Å². The van der Waals surface area contributed by atoms with Crippen molar-refractivity contribution in [1.29, 1.82) is 0 Å². The second-order valence-corrected chi connectivity index (χ2v) is 6.55. The number of anilines is 1. The van der Waals surface area contributed by atoms with Gasteiger partial charge in [0.1, 0.15) is 0 Å². The average Bonchev–Trinajstić information content (AvgIpc) is 2.37. The molecule has 0 heterocycles. The van der Waals surface area contributed by atoms with Crippen molar-refractivity contribution in [2.24, 2.45) is 10.4 Å². The molecule has 20 heavy (non-hydrogen) atoms. The number of hydrogen-bond donors (Lipinski definition) is 2. The van der Waals surface area contributed by atoms with Crippen LogP contribution in [0.4, 0.5) is 5.69 Å². The van der Waals surface area contributed by atoms with Crippen LogP contribution in [0.2, 0.25) is 0 Å². The summed E-state index contributed by atoms with van der Waals surface area (Å²) in [4.78, 5) is 4.15. The summed E-state index contributed by atoms with van der Waals surface area (Å²) in [5.74, 6) is 0.932. The zero-order chi connectivity index (χ0) is 15.3. The number of amidine groups is 1. The van der Waals surface area contributed by atoms with Crippen LogP contribution in [-0.4, -0.2) is 18.9 Å². The Morgan fingerprint density at radius 2 is 1.95 bits per heavy atom. The lowest BCUT2D eigenvalue weighted by atomic mass is 9.88. The van der Waals surface area contributed by atoms with Crippen molar-refractivity contribution >= 4 is 11.5 Å². The second kappa shape index (κ2) is 6.89. The number of aryl methyl sites for hydroxylation is 1. The van der Waals surface area contributed by atoms with Crippen molar-refractivity contribution < 1.29 is 0 Å². The zero-order valence-corrected chi connectivity index (χ0v) is 14.0. The summed E-state index contributed by atoms with van der Waals surface area (Å²) >= 11 is 0. The van der Waals surface area contributed by atoms with Gasteiger partial charge in [-0.15, -0.1) is 0 Å². The number of nitrogens with one attached hydrogen (secondary N) is 2. The molecule has 0 spiro atoms. The largest absolute Gasteiger partial charge is 0.344 e. The monoisotopic (exact) mass is 275 g/mol. The van der Waals surface area contributed by atoms with E-state index in [0.717, 1.165) is 18.1 Å². The lowest BCUT2D eigenvalue weighted by Gasteiger charge is -2.28. The summed E-state index contributed by atoms with van der Waals surface area (Å²) in [6.07, 6.45) is 0. The fourth-order valence-corrected chi connectivity index (χ4v) is 1.74. The van der Waals surface area contributed by atoms with Crippen LogP contribution >= 0.6 is 0 Å². The molecule has 0 fully saturated rings. The van der Waals surface area contributed by atoms with Crippen LogP contribution in [0, 0.1) is 12.3 Å². The summed E-state index contributed by atoms with van der Waals surface area (Å²) in [6, 6.07) is 7.01. The number of benzene rings is 1. The van der Waals surface area contributed by atoms with Gasteiger partial charge in [-0.2, -0.15) is 0 Å². The van der Waals surface area contributed by atoms with Crippen LogP contribution in [0.15, 0.2) is 23.2 Å². The number of hydrogen-bond acceptors (Lipinski definition) is 2. The predicted octanol–water partition coefficient (Wildman–Crippen LogP) is 3.98. The van der Waals surface area contributed by atoms with E-state index in [9.17, 15) is 0 Å². The molecule has 2 N–H and O–H groups in total. The molecule has 0 bridgehead atoms. The first-order valence-corrected chi connectivity index (χ1v) is 7.27. The van der Waals surface area contributed by atoms with E-state index in [0.29, 0.717) is 6.04 Å². The highest BCUT2D eigenvalue weighted by atomic mass is 15.0. The third kappa shape index (κ3) is 4.97. The minimum Gasteiger partial charge on any atom is -0.344 e. The normalized spacial score (nSPS) is 14.2. The van der Waals surface area contributed by atoms with Crippen LogP contribution in [0.3, 0.4) is 0 Å². The maximum absolute atomic E-state index is 4.15. The van der Waals surface area contributed by atoms with Gasteiger partial charge >= 0.3 is 0 Å². The molecule has 0 saturated carbocycles. The standard InChI is InChI=1S/C17H29N3/c1-12-8-9-15(10-16(12)20-14(3)18-7)11-19-13(2)17(4,5)6/h8-10,13,19H,11H2,1-7H3,(H,18,20)/t13-/m0/s1. The Hall–Kier alpha value is -1.35. The van der Waals surface area contributed by atoms with E-state index in [2.05, 4.69) is 68.4 Å². The van der Waals surface area contributed by atoms with Gasteiger partial charge in [0.25, 0.3) is 0 Å². The molecule has 0 unspecified atom stereocenters. The molecule has 0 aromatic heterocycles. The summed E-state index contributed by atoms with van der Waals surface area (Å²) in [5.41, 5.74) is 3.94. The molecule has 3 heteroatoms. The molecule has 1 aromatic rings.